The highest BCUT2D eigenvalue weighted by atomic mass is 32.2. The molecule has 1 aliphatic rings. The molecule has 1 aromatic carbocycles. The first-order valence-electron chi connectivity index (χ1n) is 10.0. The van der Waals surface area contributed by atoms with Crippen LogP contribution in [0.1, 0.15) is 35.7 Å². The number of aromatic nitrogens is 3. The van der Waals surface area contributed by atoms with Crippen molar-refractivity contribution in [3.8, 4) is 5.75 Å². The molecule has 0 amide bonds. The Morgan fingerprint density at radius 1 is 1.10 bits per heavy atom. The Morgan fingerprint density at radius 3 is 2.57 bits per heavy atom. The van der Waals surface area contributed by atoms with Gasteiger partial charge in [0.2, 0.25) is 0 Å². The summed E-state index contributed by atoms with van der Waals surface area (Å²) in [6, 6.07) is 14.1. The fourth-order valence-electron chi connectivity index (χ4n) is 3.91. The molecule has 1 saturated heterocycles. The number of imidazole rings is 1. The van der Waals surface area contributed by atoms with E-state index in [0.29, 0.717) is 19.5 Å². The third-order valence-corrected chi connectivity index (χ3v) is 7.33. The van der Waals surface area contributed by atoms with Crippen LogP contribution in [0.3, 0.4) is 0 Å². The molecule has 1 aliphatic heterocycles. The molecule has 3 aromatic rings. The van der Waals surface area contributed by atoms with E-state index in [-0.39, 0.29) is 10.9 Å². The summed E-state index contributed by atoms with van der Waals surface area (Å²) >= 11 is 0. The van der Waals surface area contributed by atoms with Gasteiger partial charge in [0, 0.05) is 55.6 Å². The molecule has 0 atom stereocenters. The van der Waals surface area contributed by atoms with Crippen LogP contribution >= 0.6 is 0 Å². The van der Waals surface area contributed by atoms with Crippen molar-refractivity contribution in [2.24, 2.45) is 7.05 Å². The molecule has 7 nitrogen and oxygen atoms in total. The Balaban J connectivity index is 1.45. The van der Waals surface area contributed by atoms with E-state index in [1.807, 2.05) is 42.5 Å². The number of benzene rings is 1. The summed E-state index contributed by atoms with van der Waals surface area (Å²) in [5.41, 5.74) is 3.11. The van der Waals surface area contributed by atoms with E-state index in [9.17, 15) is 8.42 Å². The van der Waals surface area contributed by atoms with Crippen LogP contribution in [0.5, 0.6) is 5.75 Å². The van der Waals surface area contributed by atoms with Crippen molar-refractivity contribution in [3.05, 3.63) is 71.9 Å². The van der Waals surface area contributed by atoms with Gasteiger partial charge < -0.3 is 9.30 Å². The van der Waals surface area contributed by atoms with Crippen LogP contribution in [0.25, 0.3) is 0 Å². The minimum absolute atomic E-state index is 0.111. The molecule has 0 radical (unpaired) electrons. The van der Waals surface area contributed by atoms with Gasteiger partial charge >= 0.3 is 0 Å². The van der Waals surface area contributed by atoms with E-state index in [1.54, 1.807) is 24.9 Å². The van der Waals surface area contributed by atoms with Crippen molar-refractivity contribution >= 4 is 10.0 Å². The van der Waals surface area contributed by atoms with Gasteiger partial charge in [-0.3, -0.25) is 4.98 Å². The van der Waals surface area contributed by atoms with E-state index >= 15 is 0 Å². The molecule has 158 valence electrons. The molecule has 2 aromatic heterocycles. The summed E-state index contributed by atoms with van der Waals surface area (Å²) < 4.78 is 34.2. The minimum atomic E-state index is -3.54. The van der Waals surface area contributed by atoms with E-state index in [2.05, 4.69) is 4.98 Å². The van der Waals surface area contributed by atoms with Crippen molar-refractivity contribution < 1.29 is 13.2 Å². The smallest absolute Gasteiger partial charge is 0.262 e. The fraction of sp³-hybridized carbons (Fsp3) is 0.364. The second-order valence-corrected chi connectivity index (χ2v) is 9.48. The first-order chi connectivity index (χ1) is 14.5. The molecule has 0 spiro atoms. The van der Waals surface area contributed by atoms with Gasteiger partial charge in [0.05, 0.1) is 13.4 Å². The molecule has 30 heavy (non-hydrogen) atoms. The standard InChI is InChI=1S/C22H26N4O3S/c1-25-15-22(23-16-25)30(27,28)26-12-10-17(11-13-26)20-8-5-7-19(24-20)14-18-6-3-4-9-21(18)29-2/h3-9,15-17H,10-14H2,1-2H3. The monoisotopic (exact) mass is 426 g/mol. The van der Waals surface area contributed by atoms with Gasteiger partial charge in [-0.1, -0.05) is 24.3 Å². The zero-order valence-corrected chi connectivity index (χ0v) is 18.0. The van der Waals surface area contributed by atoms with Crippen LogP contribution in [0, 0.1) is 0 Å². The number of pyridine rings is 1. The third-order valence-electron chi connectivity index (χ3n) is 5.55. The number of piperidine rings is 1. The van der Waals surface area contributed by atoms with Crippen LogP contribution in [0.2, 0.25) is 0 Å². The Bertz CT molecular complexity index is 1120. The predicted molar refractivity (Wildman–Crippen MR) is 114 cm³/mol. The van der Waals surface area contributed by atoms with Gasteiger partial charge in [-0.25, -0.2) is 13.4 Å². The largest absolute Gasteiger partial charge is 0.496 e. The van der Waals surface area contributed by atoms with Crippen LogP contribution < -0.4 is 4.74 Å². The van der Waals surface area contributed by atoms with Gasteiger partial charge in [0.25, 0.3) is 10.0 Å². The lowest BCUT2D eigenvalue weighted by atomic mass is 9.93. The summed E-state index contributed by atoms with van der Waals surface area (Å²) in [6.45, 7) is 0.948. The number of methoxy groups -OCH3 is 1. The van der Waals surface area contributed by atoms with Gasteiger partial charge in [-0.15, -0.1) is 0 Å². The minimum Gasteiger partial charge on any atom is -0.496 e. The van der Waals surface area contributed by atoms with Crippen LogP contribution in [0.4, 0.5) is 0 Å². The molecule has 0 saturated carbocycles. The van der Waals surface area contributed by atoms with Crippen LogP contribution in [0.15, 0.2) is 60.0 Å². The molecule has 0 unspecified atom stereocenters. The summed E-state index contributed by atoms with van der Waals surface area (Å²) in [6.07, 6.45) is 5.25. The second kappa shape index (κ2) is 8.57. The molecule has 0 N–H and O–H groups in total. The zero-order valence-electron chi connectivity index (χ0n) is 17.2. The summed E-state index contributed by atoms with van der Waals surface area (Å²) in [5, 5.41) is 0.111. The second-order valence-electron chi connectivity index (χ2n) is 7.60. The van der Waals surface area contributed by atoms with Crippen molar-refractivity contribution in [2.45, 2.75) is 30.2 Å². The number of aryl methyl sites for hydroxylation is 1. The van der Waals surface area contributed by atoms with Crippen molar-refractivity contribution in [1.29, 1.82) is 0 Å². The van der Waals surface area contributed by atoms with Gasteiger partial charge in [-0.05, 0) is 31.0 Å². The lowest BCUT2D eigenvalue weighted by molar-refractivity contribution is 0.315. The number of para-hydroxylation sites is 1. The average Bonchev–Trinajstić information content (AvgIpc) is 3.22. The molecular formula is C22H26N4O3S. The topological polar surface area (TPSA) is 77.3 Å². The maximum Gasteiger partial charge on any atom is 0.262 e. The maximum absolute atomic E-state index is 12.8. The van der Waals surface area contributed by atoms with Crippen molar-refractivity contribution in [3.63, 3.8) is 0 Å². The quantitative estimate of drug-likeness (QED) is 0.606. The van der Waals surface area contributed by atoms with Crippen LogP contribution in [-0.4, -0.2) is 47.5 Å². The van der Waals surface area contributed by atoms with E-state index in [1.165, 1.54) is 10.6 Å². The zero-order chi connectivity index (χ0) is 21.1. The van der Waals surface area contributed by atoms with Crippen molar-refractivity contribution in [2.75, 3.05) is 20.2 Å². The van der Waals surface area contributed by atoms with E-state index < -0.39 is 10.0 Å². The predicted octanol–water partition coefficient (Wildman–Crippen LogP) is 2.98. The number of sulfonamides is 1. The lowest BCUT2D eigenvalue weighted by Gasteiger charge is -2.30. The van der Waals surface area contributed by atoms with Gasteiger partial charge in [-0.2, -0.15) is 4.31 Å². The van der Waals surface area contributed by atoms with Gasteiger partial charge in [0.15, 0.2) is 5.03 Å². The van der Waals surface area contributed by atoms with Gasteiger partial charge in [0.1, 0.15) is 5.75 Å². The summed E-state index contributed by atoms with van der Waals surface area (Å²) in [4.78, 5) is 8.89. The number of hydrogen-bond acceptors (Lipinski definition) is 5. The highest BCUT2D eigenvalue weighted by molar-refractivity contribution is 7.89. The molecular weight excluding hydrogens is 400 g/mol. The van der Waals surface area contributed by atoms with Crippen molar-refractivity contribution in [1.82, 2.24) is 18.8 Å². The molecule has 3 heterocycles. The molecule has 8 heteroatoms. The third kappa shape index (κ3) is 4.24. The number of hydrogen-bond donors (Lipinski definition) is 0. The number of ether oxygens (including phenoxy) is 1. The normalized spacial score (nSPS) is 15.9. The molecule has 1 fully saturated rings. The summed E-state index contributed by atoms with van der Waals surface area (Å²) in [5.74, 6) is 1.11. The number of rotatable bonds is 6. The molecule has 0 bridgehead atoms. The Hall–Kier alpha value is -2.71. The Morgan fingerprint density at radius 2 is 1.87 bits per heavy atom. The van der Waals surface area contributed by atoms with E-state index in [0.717, 1.165) is 35.5 Å². The highest BCUT2D eigenvalue weighted by Crippen LogP contribution is 2.30. The highest BCUT2D eigenvalue weighted by Gasteiger charge is 2.31. The Kier molecular flexibility index (Phi) is 5.87. The Labute approximate surface area is 177 Å². The number of nitrogens with zero attached hydrogens (tertiary/aromatic N) is 4. The van der Waals surface area contributed by atoms with E-state index in [4.69, 9.17) is 9.72 Å². The maximum atomic E-state index is 12.8. The molecule has 0 aliphatic carbocycles. The summed E-state index contributed by atoms with van der Waals surface area (Å²) in [7, 11) is -0.0944. The fourth-order valence-corrected chi connectivity index (χ4v) is 5.35. The lowest BCUT2D eigenvalue weighted by Crippen LogP contribution is -2.38. The first-order valence-corrected chi connectivity index (χ1v) is 11.5. The SMILES string of the molecule is COc1ccccc1Cc1cccc(C2CCN(S(=O)(=O)c3cn(C)cn3)CC2)n1. The van der Waals surface area contributed by atoms with Crippen LogP contribution in [-0.2, 0) is 23.5 Å². The average molecular weight is 427 g/mol. The molecule has 4 rings (SSSR count). The first kappa shape index (κ1) is 20.6.